The molecule has 0 heterocycles. The predicted molar refractivity (Wildman–Crippen MR) is 154 cm³/mol. The van der Waals surface area contributed by atoms with E-state index in [1.807, 2.05) is 0 Å². The van der Waals surface area contributed by atoms with Gasteiger partial charge in [0.15, 0.2) is 0 Å². The molecule has 0 amide bonds. The second kappa shape index (κ2) is 12.8. The molecule has 3 saturated carbocycles. The van der Waals surface area contributed by atoms with Crippen molar-refractivity contribution in [1.29, 1.82) is 0 Å². The lowest BCUT2D eigenvalue weighted by Crippen LogP contribution is -2.54. The Hall–Kier alpha value is -2.51. The van der Waals surface area contributed by atoms with Gasteiger partial charge < -0.3 is 23.7 Å². The molecule has 0 bridgehead atoms. The van der Waals surface area contributed by atoms with Gasteiger partial charge in [0.2, 0.25) is 0 Å². The summed E-state index contributed by atoms with van der Waals surface area (Å²) in [6, 6.07) is 0. The fraction of sp³-hybridized carbons (Fsp3) is 0.788. The molecule has 0 aromatic rings. The normalized spacial score (nSPS) is 35.3. The average Bonchev–Trinajstić information content (AvgIpc) is 3.32. The highest BCUT2D eigenvalue weighted by atomic mass is 16.7. The summed E-state index contributed by atoms with van der Waals surface area (Å²) in [5.41, 5.74) is 2.34. The molecule has 4 aliphatic carbocycles. The van der Waals surface area contributed by atoms with Crippen molar-refractivity contribution in [3.8, 4) is 0 Å². The van der Waals surface area contributed by atoms with E-state index in [4.69, 9.17) is 23.7 Å². The molecule has 0 aromatic carbocycles. The molecule has 4 aliphatic rings. The second-order valence-corrected chi connectivity index (χ2v) is 13.2. The molecular weight excluding hydrogens is 524 g/mol. The summed E-state index contributed by atoms with van der Waals surface area (Å²) in [6.45, 7) is 9.26. The van der Waals surface area contributed by atoms with Crippen LogP contribution in [0.1, 0.15) is 91.9 Å². The first-order chi connectivity index (χ1) is 19.5. The van der Waals surface area contributed by atoms with Crippen molar-refractivity contribution >= 4 is 18.3 Å². The highest BCUT2D eigenvalue weighted by Crippen LogP contribution is 2.67. The number of rotatable bonds is 9. The van der Waals surface area contributed by atoms with E-state index in [9.17, 15) is 14.4 Å². The lowest BCUT2D eigenvalue weighted by atomic mass is 9.49. The van der Waals surface area contributed by atoms with Crippen LogP contribution in [0.3, 0.4) is 0 Å². The summed E-state index contributed by atoms with van der Waals surface area (Å²) >= 11 is 0. The summed E-state index contributed by atoms with van der Waals surface area (Å²) in [7, 11) is 4.10. The zero-order valence-electron chi connectivity index (χ0n) is 26.0. The van der Waals surface area contributed by atoms with Gasteiger partial charge in [-0.3, -0.25) is 4.79 Å². The zero-order chi connectivity index (χ0) is 29.9. The third-order valence-electron chi connectivity index (χ3n) is 11.5. The molecule has 41 heavy (non-hydrogen) atoms. The van der Waals surface area contributed by atoms with Crippen molar-refractivity contribution < 1.29 is 38.1 Å². The SMILES string of the molecule is CCCC[C@@H](CC(=O)OC)[C@@H](C)[C@H]1CC[C@H]2C3=CC=C4C[C@@H](OC(=O)OC)C[C@H](OC(=O)OC)[C@]4(C)[C@H]3CC[C@]12C. The highest BCUT2D eigenvalue weighted by molar-refractivity contribution is 5.69. The first kappa shape index (κ1) is 31.4. The first-order valence-corrected chi connectivity index (χ1v) is 15.5. The minimum Gasteiger partial charge on any atom is -0.469 e. The molecule has 9 atom stereocenters. The second-order valence-electron chi connectivity index (χ2n) is 13.2. The van der Waals surface area contributed by atoms with Gasteiger partial charge in [0.05, 0.1) is 21.3 Å². The summed E-state index contributed by atoms with van der Waals surface area (Å²) in [6.07, 6.45) is 11.3. The third kappa shape index (κ3) is 5.90. The van der Waals surface area contributed by atoms with Gasteiger partial charge in [0.25, 0.3) is 0 Å². The molecule has 8 heteroatoms. The van der Waals surface area contributed by atoms with Crippen molar-refractivity contribution in [2.75, 3.05) is 21.3 Å². The minimum absolute atomic E-state index is 0.106. The molecule has 0 radical (unpaired) electrons. The summed E-state index contributed by atoms with van der Waals surface area (Å²) < 4.78 is 26.2. The van der Waals surface area contributed by atoms with E-state index in [2.05, 4.69) is 39.8 Å². The Morgan fingerprint density at radius 3 is 2.32 bits per heavy atom. The zero-order valence-corrected chi connectivity index (χ0v) is 26.0. The van der Waals surface area contributed by atoms with Crippen LogP contribution in [0.4, 0.5) is 9.59 Å². The van der Waals surface area contributed by atoms with Crippen molar-refractivity contribution in [1.82, 2.24) is 0 Å². The fourth-order valence-corrected chi connectivity index (χ4v) is 9.16. The maximum absolute atomic E-state index is 12.4. The first-order valence-electron chi connectivity index (χ1n) is 15.5. The van der Waals surface area contributed by atoms with Crippen LogP contribution in [0, 0.1) is 40.4 Å². The van der Waals surface area contributed by atoms with Gasteiger partial charge in [-0.15, -0.1) is 0 Å². The Morgan fingerprint density at radius 1 is 0.951 bits per heavy atom. The van der Waals surface area contributed by atoms with Crippen LogP contribution in [0.2, 0.25) is 0 Å². The average molecular weight is 575 g/mol. The van der Waals surface area contributed by atoms with E-state index in [0.717, 1.165) is 50.5 Å². The maximum Gasteiger partial charge on any atom is 0.508 e. The number of carbonyl (C=O) groups is 3. The number of fused-ring (bicyclic) bond motifs is 5. The number of methoxy groups -OCH3 is 3. The smallest absolute Gasteiger partial charge is 0.469 e. The number of esters is 1. The Morgan fingerprint density at radius 2 is 1.66 bits per heavy atom. The molecule has 0 aliphatic heterocycles. The Bertz CT molecular complexity index is 1050. The molecule has 0 spiro atoms. The fourth-order valence-electron chi connectivity index (χ4n) is 9.16. The van der Waals surface area contributed by atoms with Gasteiger partial charge in [-0.1, -0.05) is 63.8 Å². The largest absolute Gasteiger partial charge is 0.508 e. The van der Waals surface area contributed by atoms with Gasteiger partial charge in [0.1, 0.15) is 12.2 Å². The molecule has 0 aromatic heterocycles. The van der Waals surface area contributed by atoms with Gasteiger partial charge in [-0.25, -0.2) is 9.59 Å². The molecule has 0 unspecified atom stereocenters. The van der Waals surface area contributed by atoms with Crippen LogP contribution in [-0.4, -0.2) is 51.8 Å². The summed E-state index contributed by atoms with van der Waals surface area (Å²) in [4.78, 5) is 36.6. The van der Waals surface area contributed by atoms with Crippen LogP contribution < -0.4 is 0 Å². The minimum atomic E-state index is -0.730. The standard InChI is InChI=1S/C33H50O8/c1-8-9-10-21(17-29(34)37-5)20(2)25-13-14-26-24-12-11-22-18-23(40-30(35)38-6)19-28(41-31(36)39-7)33(22,4)27(24)15-16-32(25,26)3/h11-12,20-21,23,25-28H,8-10,13-19H2,1-7H3/t20-,21+,23-,25-,26+,27+,28+,32-,33+/m1/s1. The molecule has 3 fully saturated rings. The van der Waals surface area contributed by atoms with E-state index in [0.29, 0.717) is 42.9 Å². The number of allylic oxidation sites excluding steroid dienone is 3. The monoisotopic (exact) mass is 574 g/mol. The number of unbranched alkanes of at least 4 members (excludes halogenated alkanes) is 1. The summed E-state index contributed by atoms with van der Waals surface area (Å²) in [5.74, 6) is 1.86. The summed E-state index contributed by atoms with van der Waals surface area (Å²) in [5, 5.41) is 0. The van der Waals surface area contributed by atoms with E-state index < -0.39 is 29.9 Å². The van der Waals surface area contributed by atoms with Crippen molar-refractivity contribution in [2.24, 2.45) is 40.4 Å². The van der Waals surface area contributed by atoms with Crippen LogP contribution in [0.5, 0.6) is 0 Å². The van der Waals surface area contributed by atoms with Crippen molar-refractivity contribution in [3.05, 3.63) is 23.3 Å². The maximum atomic E-state index is 12.4. The Labute approximate surface area is 245 Å². The van der Waals surface area contributed by atoms with Crippen LogP contribution in [0.25, 0.3) is 0 Å². The van der Waals surface area contributed by atoms with E-state index in [1.165, 1.54) is 26.9 Å². The van der Waals surface area contributed by atoms with Crippen LogP contribution in [0.15, 0.2) is 23.3 Å². The van der Waals surface area contributed by atoms with Gasteiger partial charge in [-0.2, -0.15) is 0 Å². The van der Waals surface area contributed by atoms with E-state index in [1.54, 1.807) is 0 Å². The lowest BCUT2D eigenvalue weighted by Gasteiger charge is -2.57. The van der Waals surface area contributed by atoms with Crippen LogP contribution >= 0.6 is 0 Å². The number of hydrogen-bond acceptors (Lipinski definition) is 8. The molecule has 230 valence electrons. The Balaban J connectivity index is 1.62. The lowest BCUT2D eigenvalue weighted by molar-refractivity contribution is -0.142. The molecule has 4 rings (SSSR count). The Kier molecular flexibility index (Phi) is 9.80. The highest BCUT2D eigenvalue weighted by Gasteiger charge is 2.60. The van der Waals surface area contributed by atoms with E-state index in [-0.39, 0.29) is 17.3 Å². The molecule has 0 N–H and O–H groups in total. The third-order valence-corrected chi connectivity index (χ3v) is 11.5. The predicted octanol–water partition coefficient (Wildman–Crippen LogP) is 7.40. The number of carbonyl (C=O) groups excluding carboxylic acids is 3. The van der Waals surface area contributed by atoms with Crippen LogP contribution in [-0.2, 0) is 28.5 Å². The quantitative estimate of drug-likeness (QED) is 0.207. The molecular formula is C33H50O8. The van der Waals surface area contributed by atoms with Gasteiger partial charge in [-0.05, 0) is 67.1 Å². The molecule has 0 saturated heterocycles. The van der Waals surface area contributed by atoms with Gasteiger partial charge in [0, 0.05) is 24.7 Å². The van der Waals surface area contributed by atoms with Gasteiger partial charge >= 0.3 is 18.3 Å². The van der Waals surface area contributed by atoms with E-state index >= 15 is 0 Å². The topological polar surface area (TPSA) is 97.4 Å². The van der Waals surface area contributed by atoms with Crippen molar-refractivity contribution in [3.63, 3.8) is 0 Å². The number of hydrogen-bond donors (Lipinski definition) is 0. The van der Waals surface area contributed by atoms with Crippen molar-refractivity contribution in [2.45, 2.75) is 104 Å². The number of ether oxygens (including phenoxy) is 5. The molecule has 8 nitrogen and oxygen atoms in total.